The quantitative estimate of drug-likeness (QED) is 0.853. The maximum atomic E-state index is 13.0. The molecule has 2 heterocycles. The third-order valence-corrected chi connectivity index (χ3v) is 5.30. The molecule has 1 amide bonds. The van der Waals surface area contributed by atoms with Crippen LogP contribution in [0.1, 0.15) is 44.0 Å². The van der Waals surface area contributed by atoms with Crippen LogP contribution in [0.15, 0.2) is 6.33 Å². The normalized spacial score (nSPS) is 22.5. The van der Waals surface area contributed by atoms with Crippen LogP contribution in [0.5, 0.6) is 0 Å². The molecule has 1 aromatic heterocycles. The summed E-state index contributed by atoms with van der Waals surface area (Å²) >= 11 is 0. The van der Waals surface area contributed by atoms with Gasteiger partial charge >= 0.3 is 0 Å². The SMILES string of the molecule is CCN(CCN(C)C)C(=O)C1Cc2[nH]cnc2C2(CCCC2)N1. The summed E-state index contributed by atoms with van der Waals surface area (Å²) in [6.45, 7) is 4.49. The number of hydrogen-bond donors (Lipinski definition) is 2. The van der Waals surface area contributed by atoms with E-state index in [1.54, 1.807) is 6.33 Å². The summed E-state index contributed by atoms with van der Waals surface area (Å²) in [4.78, 5) is 25.0. The Labute approximate surface area is 138 Å². The van der Waals surface area contributed by atoms with Gasteiger partial charge in [0.05, 0.1) is 23.6 Å². The first kappa shape index (κ1) is 16.5. The molecule has 2 N–H and O–H groups in total. The Morgan fingerprint density at radius 1 is 1.35 bits per heavy atom. The predicted octanol–water partition coefficient (Wildman–Crippen LogP) is 1.10. The van der Waals surface area contributed by atoms with Crippen molar-refractivity contribution in [2.24, 2.45) is 0 Å². The molecule has 6 heteroatoms. The zero-order valence-corrected chi connectivity index (χ0v) is 14.6. The molecule has 1 spiro atoms. The number of nitrogens with zero attached hydrogens (tertiary/aromatic N) is 3. The van der Waals surface area contributed by atoms with Gasteiger partial charge in [0, 0.05) is 31.7 Å². The Morgan fingerprint density at radius 2 is 2.09 bits per heavy atom. The molecule has 0 saturated heterocycles. The van der Waals surface area contributed by atoms with Crippen molar-refractivity contribution in [2.45, 2.75) is 50.6 Å². The first-order valence-electron chi connectivity index (χ1n) is 8.79. The van der Waals surface area contributed by atoms with Crippen molar-refractivity contribution in [3.8, 4) is 0 Å². The number of nitrogens with one attached hydrogen (secondary N) is 2. The lowest BCUT2D eigenvalue weighted by atomic mass is 9.84. The Hall–Kier alpha value is -1.40. The number of rotatable bonds is 5. The Kier molecular flexibility index (Phi) is 4.73. The van der Waals surface area contributed by atoms with E-state index in [0.29, 0.717) is 6.42 Å². The van der Waals surface area contributed by atoms with Crippen molar-refractivity contribution >= 4 is 5.91 Å². The van der Waals surface area contributed by atoms with Crippen LogP contribution in [-0.4, -0.2) is 65.4 Å². The first-order chi connectivity index (χ1) is 11.1. The van der Waals surface area contributed by atoms with E-state index >= 15 is 0 Å². The third-order valence-electron chi connectivity index (χ3n) is 5.30. The molecule has 1 aliphatic heterocycles. The van der Waals surface area contributed by atoms with Gasteiger partial charge in [-0.2, -0.15) is 0 Å². The van der Waals surface area contributed by atoms with E-state index in [-0.39, 0.29) is 17.5 Å². The fourth-order valence-corrected chi connectivity index (χ4v) is 4.02. The number of aromatic amines is 1. The van der Waals surface area contributed by atoms with Gasteiger partial charge in [-0.25, -0.2) is 4.98 Å². The summed E-state index contributed by atoms with van der Waals surface area (Å²) in [5, 5.41) is 3.69. The predicted molar refractivity (Wildman–Crippen MR) is 90.2 cm³/mol. The van der Waals surface area contributed by atoms with E-state index in [2.05, 4.69) is 27.1 Å². The van der Waals surface area contributed by atoms with E-state index in [9.17, 15) is 4.79 Å². The molecule has 1 saturated carbocycles. The molecule has 1 aromatic rings. The van der Waals surface area contributed by atoms with Crippen molar-refractivity contribution in [3.05, 3.63) is 17.7 Å². The summed E-state index contributed by atoms with van der Waals surface area (Å²) in [7, 11) is 4.09. The average Bonchev–Trinajstić information content (AvgIpc) is 3.17. The molecule has 1 aliphatic carbocycles. The average molecular weight is 319 g/mol. The molecule has 1 fully saturated rings. The highest BCUT2D eigenvalue weighted by molar-refractivity contribution is 5.82. The number of fused-ring (bicyclic) bond motifs is 2. The lowest BCUT2D eigenvalue weighted by Gasteiger charge is -2.40. The monoisotopic (exact) mass is 319 g/mol. The summed E-state index contributed by atoms with van der Waals surface area (Å²) in [6, 6.07) is -0.136. The first-order valence-corrected chi connectivity index (χ1v) is 8.79. The molecule has 23 heavy (non-hydrogen) atoms. The Balaban J connectivity index is 1.77. The second-order valence-corrected chi connectivity index (χ2v) is 7.14. The molecule has 6 nitrogen and oxygen atoms in total. The second kappa shape index (κ2) is 6.61. The molecular formula is C17H29N5O. The van der Waals surface area contributed by atoms with Crippen molar-refractivity contribution in [3.63, 3.8) is 0 Å². The number of amides is 1. The van der Waals surface area contributed by atoms with Gasteiger partial charge in [0.15, 0.2) is 0 Å². The molecule has 0 radical (unpaired) electrons. The fourth-order valence-electron chi connectivity index (χ4n) is 4.02. The minimum atomic E-state index is -0.136. The van der Waals surface area contributed by atoms with E-state index in [1.807, 2.05) is 19.0 Å². The smallest absolute Gasteiger partial charge is 0.240 e. The van der Waals surface area contributed by atoms with Crippen LogP contribution in [0.2, 0.25) is 0 Å². The van der Waals surface area contributed by atoms with Crippen LogP contribution in [0.4, 0.5) is 0 Å². The summed E-state index contributed by atoms with van der Waals surface area (Å²) < 4.78 is 0. The summed E-state index contributed by atoms with van der Waals surface area (Å²) in [6.07, 6.45) is 7.07. The number of carbonyl (C=O) groups excluding carboxylic acids is 1. The van der Waals surface area contributed by atoms with Crippen LogP contribution in [0, 0.1) is 0 Å². The number of H-pyrrole nitrogens is 1. The highest BCUT2D eigenvalue weighted by Gasteiger charge is 2.46. The highest BCUT2D eigenvalue weighted by Crippen LogP contribution is 2.42. The number of aromatic nitrogens is 2. The lowest BCUT2D eigenvalue weighted by Crippen LogP contribution is -2.58. The second-order valence-electron chi connectivity index (χ2n) is 7.14. The molecule has 3 rings (SSSR count). The lowest BCUT2D eigenvalue weighted by molar-refractivity contribution is -0.134. The van der Waals surface area contributed by atoms with Gasteiger partial charge in [0.1, 0.15) is 0 Å². The van der Waals surface area contributed by atoms with E-state index in [4.69, 9.17) is 0 Å². The van der Waals surface area contributed by atoms with Gasteiger partial charge < -0.3 is 14.8 Å². The topological polar surface area (TPSA) is 64.3 Å². The molecule has 1 atom stereocenters. The molecule has 2 aliphatic rings. The van der Waals surface area contributed by atoms with Gasteiger partial charge in [-0.1, -0.05) is 12.8 Å². The summed E-state index contributed by atoms with van der Waals surface area (Å²) in [5.74, 6) is 0.223. The maximum Gasteiger partial charge on any atom is 0.240 e. The minimum Gasteiger partial charge on any atom is -0.348 e. The zero-order valence-electron chi connectivity index (χ0n) is 14.6. The van der Waals surface area contributed by atoms with Gasteiger partial charge in [0.25, 0.3) is 0 Å². The molecule has 0 bridgehead atoms. The standard InChI is InChI=1S/C17H29N5O/c1-4-22(10-9-21(2)3)16(23)14-11-13-15(19-12-18-13)17(20-14)7-5-6-8-17/h12,14,20H,4-11H2,1-3H3,(H,18,19). The largest absolute Gasteiger partial charge is 0.348 e. The Bertz CT molecular complexity index is 547. The number of likely N-dealkylation sites (N-methyl/N-ethyl adjacent to an activating group) is 2. The van der Waals surface area contributed by atoms with E-state index < -0.39 is 0 Å². The van der Waals surface area contributed by atoms with Crippen molar-refractivity contribution < 1.29 is 4.79 Å². The van der Waals surface area contributed by atoms with Crippen LogP contribution in [0.3, 0.4) is 0 Å². The fraction of sp³-hybridized carbons (Fsp3) is 0.765. The van der Waals surface area contributed by atoms with Crippen molar-refractivity contribution in [2.75, 3.05) is 33.7 Å². The van der Waals surface area contributed by atoms with Crippen LogP contribution >= 0.6 is 0 Å². The van der Waals surface area contributed by atoms with Gasteiger partial charge in [-0.05, 0) is 33.9 Å². The minimum absolute atomic E-state index is 0.0884. The Morgan fingerprint density at radius 3 is 2.74 bits per heavy atom. The van der Waals surface area contributed by atoms with E-state index in [1.165, 1.54) is 12.8 Å². The van der Waals surface area contributed by atoms with E-state index in [0.717, 1.165) is 43.9 Å². The molecule has 128 valence electrons. The van der Waals surface area contributed by atoms with Crippen molar-refractivity contribution in [1.82, 2.24) is 25.1 Å². The molecule has 0 aromatic carbocycles. The van der Waals surface area contributed by atoms with Gasteiger partial charge in [0.2, 0.25) is 5.91 Å². The van der Waals surface area contributed by atoms with Gasteiger partial charge in [-0.15, -0.1) is 0 Å². The van der Waals surface area contributed by atoms with Gasteiger partial charge in [-0.3, -0.25) is 10.1 Å². The van der Waals surface area contributed by atoms with Crippen LogP contribution in [-0.2, 0) is 16.8 Å². The summed E-state index contributed by atoms with van der Waals surface area (Å²) in [5.41, 5.74) is 2.21. The molecule has 1 unspecified atom stereocenters. The number of carbonyl (C=O) groups is 1. The third kappa shape index (κ3) is 3.15. The van der Waals surface area contributed by atoms with Crippen LogP contribution in [0.25, 0.3) is 0 Å². The van der Waals surface area contributed by atoms with Crippen molar-refractivity contribution in [1.29, 1.82) is 0 Å². The zero-order chi connectivity index (χ0) is 16.4. The number of hydrogen-bond acceptors (Lipinski definition) is 4. The maximum absolute atomic E-state index is 13.0. The number of imidazole rings is 1. The van der Waals surface area contributed by atoms with Crippen LogP contribution < -0.4 is 5.32 Å². The highest BCUT2D eigenvalue weighted by atomic mass is 16.2. The molecular weight excluding hydrogens is 290 g/mol.